The second-order valence-electron chi connectivity index (χ2n) is 6.90. The molecule has 0 radical (unpaired) electrons. The largest absolute Gasteiger partial charge is 0.416 e. The van der Waals surface area contributed by atoms with E-state index < -0.39 is 11.7 Å². The van der Waals surface area contributed by atoms with Gasteiger partial charge in [-0.05, 0) is 42.0 Å². The quantitative estimate of drug-likeness (QED) is 0.807. The molecule has 1 aromatic carbocycles. The summed E-state index contributed by atoms with van der Waals surface area (Å²) >= 11 is 0. The molecule has 2 nitrogen and oxygen atoms in total. The number of hydrogen-bond acceptors (Lipinski definition) is 2. The van der Waals surface area contributed by atoms with Crippen molar-refractivity contribution in [3.63, 3.8) is 0 Å². The number of benzene rings is 1. The first kappa shape index (κ1) is 15.5. The maximum absolute atomic E-state index is 13.0. The fourth-order valence-corrected chi connectivity index (χ4v) is 4.36. The summed E-state index contributed by atoms with van der Waals surface area (Å²) in [4.78, 5) is 12.0. The van der Waals surface area contributed by atoms with Gasteiger partial charge in [0.25, 0.3) is 0 Å². The van der Waals surface area contributed by atoms with Gasteiger partial charge in [-0.2, -0.15) is 13.2 Å². The Labute approximate surface area is 138 Å². The Bertz CT molecular complexity index is 735. The lowest BCUT2D eigenvalue weighted by Gasteiger charge is -2.40. The zero-order valence-corrected chi connectivity index (χ0v) is 13.0. The third-order valence-corrected chi connectivity index (χ3v) is 5.46. The maximum atomic E-state index is 13.0. The smallest absolute Gasteiger partial charge is 0.381 e. The Morgan fingerprint density at radius 3 is 2.67 bits per heavy atom. The fraction of sp³-hybridized carbons (Fsp3) is 0.421. The van der Waals surface area contributed by atoms with E-state index in [0.717, 1.165) is 18.2 Å². The minimum atomic E-state index is -4.36. The lowest BCUT2D eigenvalue weighted by atomic mass is 9.73. The van der Waals surface area contributed by atoms with Crippen LogP contribution in [-0.4, -0.2) is 11.8 Å². The molecule has 1 fully saturated rings. The second kappa shape index (κ2) is 5.50. The first-order chi connectivity index (χ1) is 11.4. The van der Waals surface area contributed by atoms with Gasteiger partial charge in [-0.15, -0.1) is 0 Å². The van der Waals surface area contributed by atoms with Crippen LogP contribution in [0.15, 0.2) is 42.5 Å². The van der Waals surface area contributed by atoms with Crippen LogP contribution in [0.4, 0.5) is 18.9 Å². The number of allylic oxidation sites excluding steroid dienone is 3. The predicted molar refractivity (Wildman–Crippen MR) is 85.7 cm³/mol. The van der Waals surface area contributed by atoms with Crippen molar-refractivity contribution in [1.82, 2.24) is 0 Å². The van der Waals surface area contributed by atoms with Crippen LogP contribution in [0.1, 0.15) is 36.3 Å². The van der Waals surface area contributed by atoms with E-state index >= 15 is 0 Å². The van der Waals surface area contributed by atoms with Crippen LogP contribution in [0.25, 0.3) is 0 Å². The van der Waals surface area contributed by atoms with E-state index in [9.17, 15) is 18.0 Å². The number of nitrogens with one attached hydrogen (secondary N) is 1. The van der Waals surface area contributed by atoms with E-state index in [2.05, 4.69) is 17.5 Å². The van der Waals surface area contributed by atoms with Crippen molar-refractivity contribution in [3.05, 3.63) is 53.6 Å². The van der Waals surface area contributed by atoms with Gasteiger partial charge in [0.2, 0.25) is 0 Å². The third-order valence-electron chi connectivity index (χ3n) is 5.46. The van der Waals surface area contributed by atoms with Gasteiger partial charge in [0.05, 0.1) is 5.56 Å². The van der Waals surface area contributed by atoms with Crippen molar-refractivity contribution < 1.29 is 18.0 Å². The molecule has 4 atom stereocenters. The summed E-state index contributed by atoms with van der Waals surface area (Å²) in [7, 11) is 0. The van der Waals surface area contributed by atoms with Crippen molar-refractivity contribution in [2.75, 3.05) is 5.32 Å². The molecular formula is C19H18F3NO. The molecule has 1 saturated carbocycles. The highest BCUT2D eigenvalue weighted by atomic mass is 19.4. The monoisotopic (exact) mass is 333 g/mol. The highest BCUT2D eigenvalue weighted by Gasteiger charge is 2.46. The minimum Gasteiger partial charge on any atom is -0.381 e. The van der Waals surface area contributed by atoms with E-state index in [-0.39, 0.29) is 29.6 Å². The highest BCUT2D eigenvalue weighted by molar-refractivity contribution is 5.84. The molecule has 126 valence electrons. The van der Waals surface area contributed by atoms with Gasteiger partial charge in [0.1, 0.15) is 5.78 Å². The number of carbonyl (C=O) groups excluding carboxylic acids is 1. The Morgan fingerprint density at radius 1 is 1.12 bits per heavy atom. The summed E-state index contributed by atoms with van der Waals surface area (Å²) in [6.07, 6.45) is 5.56. The molecule has 1 N–H and O–H groups in total. The topological polar surface area (TPSA) is 29.1 Å². The molecule has 0 saturated heterocycles. The molecule has 0 bridgehead atoms. The summed E-state index contributed by atoms with van der Waals surface area (Å²) in [5.41, 5.74) is 0.749. The molecule has 3 aliphatic rings. The fourth-order valence-electron chi connectivity index (χ4n) is 4.36. The van der Waals surface area contributed by atoms with Gasteiger partial charge in [-0.1, -0.05) is 24.3 Å². The standard InChI is InChI=1S/C19H18F3NO/c20-19(21,22)12-6-7-17-15(8-12)14-9-13(24)10-16(14)18(23-17)11-4-2-1-3-5-11/h1-4,6-8,11,14,16,18,23H,5,9-10H2/t11?,14-,16-,18+/m1/s1. The second-order valence-corrected chi connectivity index (χ2v) is 6.90. The first-order valence-corrected chi connectivity index (χ1v) is 8.26. The Kier molecular flexibility index (Phi) is 3.55. The number of hydrogen-bond donors (Lipinski definition) is 1. The predicted octanol–water partition coefficient (Wildman–Crippen LogP) is 4.69. The van der Waals surface area contributed by atoms with Gasteiger partial charge >= 0.3 is 6.18 Å². The molecule has 2 aliphatic carbocycles. The number of halogens is 3. The van der Waals surface area contributed by atoms with Crippen LogP contribution in [0.5, 0.6) is 0 Å². The Balaban J connectivity index is 1.74. The SMILES string of the molecule is O=C1C[C@@H]2[C@H](C1)c1cc(C(F)(F)F)ccc1N[C@H]2C1C=CC=CC1. The lowest BCUT2D eigenvalue weighted by molar-refractivity contribution is -0.137. The average molecular weight is 333 g/mol. The molecule has 1 aromatic rings. The van der Waals surface area contributed by atoms with E-state index in [4.69, 9.17) is 0 Å². The van der Waals surface area contributed by atoms with Crippen LogP contribution in [0.3, 0.4) is 0 Å². The van der Waals surface area contributed by atoms with E-state index in [1.54, 1.807) is 0 Å². The summed E-state index contributed by atoms with van der Waals surface area (Å²) in [5.74, 6) is 0.372. The Morgan fingerprint density at radius 2 is 1.96 bits per heavy atom. The third kappa shape index (κ3) is 2.56. The van der Waals surface area contributed by atoms with Gasteiger partial charge in [0.15, 0.2) is 0 Å². The van der Waals surface area contributed by atoms with Gasteiger partial charge in [-0.3, -0.25) is 4.79 Å². The van der Waals surface area contributed by atoms with E-state index in [1.807, 2.05) is 12.2 Å². The number of ketones is 1. The zero-order valence-electron chi connectivity index (χ0n) is 13.0. The van der Waals surface area contributed by atoms with Crippen LogP contribution in [-0.2, 0) is 11.0 Å². The number of Topliss-reactive ketones (excluding diaryl/α,β-unsaturated/α-hetero) is 1. The van der Waals surface area contributed by atoms with Crippen LogP contribution >= 0.6 is 0 Å². The number of rotatable bonds is 1. The molecule has 4 rings (SSSR count). The van der Waals surface area contributed by atoms with Gasteiger partial charge < -0.3 is 5.32 Å². The summed E-state index contributed by atoms with van der Waals surface area (Å²) in [6, 6.07) is 3.96. The summed E-state index contributed by atoms with van der Waals surface area (Å²) in [6.45, 7) is 0. The zero-order chi connectivity index (χ0) is 16.9. The van der Waals surface area contributed by atoms with Gasteiger partial charge in [0, 0.05) is 30.5 Å². The summed E-state index contributed by atoms with van der Waals surface area (Å²) in [5, 5.41) is 3.43. The van der Waals surface area contributed by atoms with Crippen LogP contribution < -0.4 is 5.32 Å². The molecule has 0 aromatic heterocycles. The molecule has 5 heteroatoms. The lowest BCUT2D eigenvalue weighted by Crippen LogP contribution is -2.41. The van der Waals surface area contributed by atoms with Crippen molar-refractivity contribution >= 4 is 11.5 Å². The number of alkyl halides is 3. The molecule has 1 aliphatic heterocycles. The highest BCUT2D eigenvalue weighted by Crippen LogP contribution is 2.50. The molecule has 0 amide bonds. The molecule has 1 heterocycles. The van der Waals surface area contributed by atoms with E-state index in [1.165, 1.54) is 12.1 Å². The summed E-state index contributed by atoms with van der Waals surface area (Å²) < 4.78 is 39.1. The molecule has 24 heavy (non-hydrogen) atoms. The van der Waals surface area contributed by atoms with Crippen molar-refractivity contribution in [3.8, 4) is 0 Å². The normalized spacial score (nSPS) is 31.5. The average Bonchev–Trinajstić information content (AvgIpc) is 2.95. The first-order valence-electron chi connectivity index (χ1n) is 8.26. The number of carbonyl (C=O) groups is 1. The van der Waals surface area contributed by atoms with Crippen molar-refractivity contribution in [2.24, 2.45) is 11.8 Å². The molecule has 1 unspecified atom stereocenters. The van der Waals surface area contributed by atoms with Crippen molar-refractivity contribution in [1.29, 1.82) is 0 Å². The number of fused-ring (bicyclic) bond motifs is 3. The molecule has 0 spiro atoms. The Hall–Kier alpha value is -2.04. The van der Waals surface area contributed by atoms with Crippen molar-refractivity contribution in [2.45, 2.75) is 37.4 Å². The number of anilines is 1. The van der Waals surface area contributed by atoms with Crippen LogP contribution in [0.2, 0.25) is 0 Å². The van der Waals surface area contributed by atoms with E-state index in [0.29, 0.717) is 18.4 Å². The van der Waals surface area contributed by atoms with Gasteiger partial charge in [-0.25, -0.2) is 0 Å². The minimum absolute atomic E-state index is 0.0645. The maximum Gasteiger partial charge on any atom is 0.416 e. The van der Waals surface area contributed by atoms with Crippen LogP contribution in [0, 0.1) is 11.8 Å². The molecular weight excluding hydrogens is 315 g/mol.